The Morgan fingerprint density at radius 3 is 2.65 bits per heavy atom. The molecule has 0 aromatic carbocycles. The molecule has 0 heterocycles. The predicted octanol–water partition coefficient (Wildman–Crippen LogP) is 2.37. The molecule has 1 atom stereocenters. The summed E-state index contributed by atoms with van der Waals surface area (Å²) in [6, 6.07) is 0. The molecule has 3 N–H and O–H groups in total. The summed E-state index contributed by atoms with van der Waals surface area (Å²) in [5.41, 5.74) is 5.73. The first kappa shape index (κ1) is 19.3. The molecular weight excluding hydrogens is 329 g/mol. The van der Waals surface area contributed by atoms with Gasteiger partial charge in [-0.25, -0.2) is 0 Å². The van der Waals surface area contributed by atoms with Crippen molar-refractivity contribution < 1.29 is 4.74 Å². The Kier molecular flexibility index (Phi) is 15.9. The molecule has 104 valence electrons. The number of methoxy groups -OCH3 is 1. The molecular formula is C12H28IN3O. The molecule has 0 aromatic heterocycles. The first-order valence-corrected chi connectivity index (χ1v) is 6.27. The van der Waals surface area contributed by atoms with Gasteiger partial charge in [0, 0.05) is 20.2 Å². The van der Waals surface area contributed by atoms with Crippen LogP contribution in [0.5, 0.6) is 0 Å². The van der Waals surface area contributed by atoms with Crippen molar-refractivity contribution in [3.05, 3.63) is 0 Å². The molecule has 0 radical (unpaired) electrons. The number of rotatable bonds is 9. The van der Waals surface area contributed by atoms with Gasteiger partial charge in [-0.05, 0) is 12.3 Å². The molecule has 0 spiro atoms. The van der Waals surface area contributed by atoms with E-state index in [1.165, 1.54) is 25.7 Å². The van der Waals surface area contributed by atoms with Gasteiger partial charge < -0.3 is 15.8 Å². The van der Waals surface area contributed by atoms with Crippen molar-refractivity contribution in [2.45, 2.75) is 39.5 Å². The highest BCUT2D eigenvalue weighted by atomic mass is 127. The largest absolute Gasteiger partial charge is 0.383 e. The summed E-state index contributed by atoms with van der Waals surface area (Å²) < 4.78 is 4.92. The van der Waals surface area contributed by atoms with Gasteiger partial charge in [-0.1, -0.05) is 33.1 Å². The zero-order valence-corrected chi connectivity index (χ0v) is 13.7. The van der Waals surface area contributed by atoms with Crippen molar-refractivity contribution in [3.63, 3.8) is 0 Å². The highest BCUT2D eigenvalue weighted by Gasteiger charge is 2.04. The van der Waals surface area contributed by atoms with E-state index in [9.17, 15) is 0 Å². The highest BCUT2D eigenvalue weighted by molar-refractivity contribution is 14.0. The third-order valence-electron chi connectivity index (χ3n) is 2.68. The Hall–Kier alpha value is -0.0400. The third kappa shape index (κ3) is 12.2. The van der Waals surface area contributed by atoms with E-state index in [1.807, 2.05) is 0 Å². The standard InChI is InChI=1S/C12H27N3O.HI/c1-4-6-7-11(5-2)10-15-12(13)14-8-9-16-3;/h11H,4-10H2,1-3H3,(H3,13,14,15);1H. The maximum atomic E-state index is 5.73. The first-order chi connectivity index (χ1) is 7.74. The van der Waals surface area contributed by atoms with Gasteiger partial charge in [-0.2, -0.15) is 0 Å². The van der Waals surface area contributed by atoms with Crippen molar-refractivity contribution in [2.75, 3.05) is 26.8 Å². The summed E-state index contributed by atoms with van der Waals surface area (Å²) in [7, 11) is 1.67. The lowest BCUT2D eigenvalue weighted by atomic mass is 10.00. The van der Waals surface area contributed by atoms with Gasteiger partial charge in [0.1, 0.15) is 0 Å². The van der Waals surface area contributed by atoms with Crippen LogP contribution in [0.2, 0.25) is 0 Å². The first-order valence-electron chi connectivity index (χ1n) is 6.27. The van der Waals surface area contributed by atoms with Gasteiger partial charge in [-0.15, -0.1) is 24.0 Å². The fourth-order valence-corrected chi connectivity index (χ4v) is 1.48. The smallest absolute Gasteiger partial charge is 0.188 e. The van der Waals surface area contributed by atoms with Crippen LogP contribution in [0, 0.1) is 5.92 Å². The molecule has 0 aliphatic rings. The Morgan fingerprint density at radius 1 is 1.41 bits per heavy atom. The summed E-state index contributed by atoms with van der Waals surface area (Å²) >= 11 is 0. The van der Waals surface area contributed by atoms with Gasteiger partial charge in [0.05, 0.1) is 6.61 Å². The maximum Gasteiger partial charge on any atom is 0.188 e. The van der Waals surface area contributed by atoms with Crippen LogP contribution in [0.3, 0.4) is 0 Å². The van der Waals surface area contributed by atoms with Gasteiger partial charge in [0.2, 0.25) is 0 Å². The normalized spacial score (nSPS) is 13.0. The number of nitrogens with two attached hydrogens (primary N) is 1. The Bertz CT molecular complexity index is 189. The number of nitrogens with one attached hydrogen (secondary N) is 1. The average molecular weight is 357 g/mol. The lowest BCUT2D eigenvalue weighted by Crippen LogP contribution is -2.34. The van der Waals surface area contributed by atoms with Crippen molar-refractivity contribution >= 4 is 29.9 Å². The molecule has 0 saturated carbocycles. The fourth-order valence-electron chi connectivity index (χ4n) is 1.48. The monoisotopic (exact) mass is 357 g/mol. The molecule has 0 aromatic rings. The minimum absolute atomic E-state index is 0. The molecule has 4 nitrogen and oxygen atoms in total. The molecule has 5 heteroatoms. The van der Waals surface area contributed by atoms with Crippen LogP contribution in [0.1, 0.15) is 39.5 Å². The van der Waals surface area contributed by atoms with E-state index in [0.29, 0.717) is 18.5 Å². The maximum absolute atomic E-state index is 5.73. The summed E-state index contributed by atoms with van der Waals surface area (Å²) in [5, 5.41) is 3.02. The van der Waals surface area contributed by atoms with Crippen LogP contribution in [-0.2, 0) is 4.74 Å². The van der Waals surface area contributed by atoms with E-state index < -0.39 is 0 Å². The van der Waals surface area contributed by atoms with Crippen molar-refractivity contribution in [3.8, 4) is 0 Å². The van der Waals surface area contributed by atoms with Gasteiger partial charge in [0.15, 0.2) is 5.96 Å². The number of halogens is 1. The second kappa shape index (κ2) is 14.0. The van der Waals surface area contributed by atoms with Crippen LogP contribution in [0.15, 0.2) is 4.99 Å². The van der Waals surface area contributed by atoms with Gasteiger partial charge >= 0.3 is 0 Å². The Morgan fingerprint density at radius 2 is 2.12 bits per heavy atom. The van der Waals surface area contributed by atoms with E-state index in [1.54, 1.807) is 7.11 Å². The third-order valence-corrected chi connectivity index (χ3v) is 2.68. The molecule has 0 aliphatic carbocycles. The predicted molar refractivity (Wildman–Crippen MR) is 85.1 cm³/mol. The molecule has 0 rings (SSSR count). The summed E-state index contributed by atoms with van der Waals surface area (Å²) in [6.45, 7) is 6.64. The number of nitrogens with zero attached hydrogens (tertiary/aromatic N) is 1. The second-order valence-electron chi connectivity index (χ2n) is 4.06. The number of ether oxygens (including phenoxy) is 1. The lowest BCUT2D eigenvalue weighted by molar-refractivity contribution is 0.204. The fraction of sp³-hybridized carbons (Fsp3) is 0.917. The molecule has 0 amide bonds. The van der Waals surface area contributed by atoms with Crippen LogP contribution in [0.4, 0.5) is 0 Å². The molecule has 0 bridgehead atoms. The summed E-state index contributed by atoms with van der Waals surface area (Å²) in [5.74, 6) is 1.20. The van der Waals surface area contributed by atoms with Crippen LogP contribution >= 0.6 is 24.0 Å². The summed E-state index contributed by atoms with van der Waals surface area (Å²) in [6.07, 6.45) is 4.96. The lowest BCUT2D eigenvalue weighted by Gasteiger charge is -2.12. The van der Waals surface area contributed by atoms with E-state index in [-0.39, 0.29) is 24.0 Å². The number of guanidine groups is 1. The minimum atomic E-state index is 0. The number of hydrogen-bond acceptors (Lipinski definition) is 2. The Labute approximate surface area is 123 Å². The molecule has 0 saturated heterocycles. The quantitative estimate of drug-likeness (QED) is 0.288. The molecule has 0 fully saturated rings. The topological polar surface area (TPSA) is 59.6 Å². The van der Waals surface area contributed by atoms with Crippen LogP contribution < -0.4 is 11.1 Å². The second-order valence-corrected chi connectivity index (χ2v) is 4.06. The van der Waals surface area contributed by atoms with E-state index in [4.69, 9.17) is 10.5 Å². The van der Waals surface area contributed by atoms with Crippen molar-refractivity contribution in [2.24, 2.45) is 16.6 Å². The SMILES string of the molecule is CCCCC(CC)CN=C(N)NCCOC.I. The number of hydrogen-bond donors (Lipinski definition) is 2. The van der Waals surface area contributed by atoms with E-state index in [0.717, 1.165) is 13.1 Å². The Balaban J connectivity index is 0. The van der Waals surface area contributed by atoms with Crippen molar-refractivity contribution in [1.29, 1.82) is 0 Å². The van der Waals surface area contributed by atoms with E-state index >= 15 is 0 Å². The van der Waals surface area contributed by atoms with Crippen LogP contribution in [0.25, 0.3) is 0 Å². The van der Waals surface area contributed by atoms with E-state index in [2.05, 4.69) is 24.2 Å². The molecule has 17 heavy (non-hydrogen) atoms. The van der Waals surface area contributed by atoms with Gasteiger partial charge in [-0.3, -0.25) is 4.99 Å². The van der Waals surface area contributed by atoms with Crippen LogP contribution in [-0.4, -0.2) is 32.8 Å². The molecule has 0 aliphatic heterocycles. The van der Waals surface area contributed by atoms with Gasteiger partial charge in [0.25, 0.3) is 0 Å². The zero-order chi connectivity index (χ0) is 12.2. The minimum Gasteiger partial charge on any atom is -0.383 e. The average Bonchev–Trinajstić information content (AvgIpc) is 2.30. The number of unbranched alkanes of at least 4 members (excludes halogenated alkanes) is 1. The van der Waals surface area contributed by atoms with Crippen molar-refractivity contribution in [1.82, 2.24) is 5.32 Å². The molecule has 1 unspecified atom stereocenters. The highest BCUT2D eigenvalue weighted by Crippen LogP contribution is 2.12. The summed E-state index contributed by atoms with van der Waals surface area (Å²) in [4.78, 5) is 4.35. The number of aliphatic imine (C=N–C) groups is 1. The zero-order valence-electron chi connectivity index (χ0n) is 11.4.